The molecule has 0 bridgehead atoms. The van der Waals surface area contributed by atoms with E-state index in [9.17, 15) is 19.2 Å². The fourth-order valence-electron chi connectivity index (χ4n) is 5.73. The molecule has 2 aromatic rings. The van der Waals surface area contributed by atoms with Crippen LogP contribution in [-0.4, -0.2) is 62.8 Å². The van der Waals surface area contributed by atoms with E-state index in [-0.39, 0.29) is 42.2 Å². The Hall–Kier alpha value is -3.14. The van der Waals surface area contributed by atoms with E-state index in [1.807, 2.05) is 32.9 Å². The average molecular weight is 513 g/mol. The SMILES string of the molecule is Cn1c(=O)n(C2CCC(=O)NC2=O)c2cccc(C3CC(OC4CCN(C(=O)OC(C)(C)C)CC4)C3)c21. The largest absolute Gasteiger partial charge is 0.444 e. The third-order valence-corrected chi connectivity index (χ3v) is 7.67. The van der Waals surface area contributed by atoms with Gasteiger partial charge in [-0.2, -0.15) is 0 Å². The number of nitrogens with zero attached hydrogens (tertiary/aromatic N) is 3. The van der Waals surface area contributed by atoms with Crippen LogP contribution in [0.4, 0.5) is 4.79 Å². The highest BCUT2D eigenvalue weighted by Crippen LogP contribution is 2.42. The van der Waals surface area contributed by atoms with Crippen molar-refractivity contribution >= 4 is 28.9 Å². The maximum atomic E-state index is 13.2. The topological polar surface area (TPSA) is 112 Å². The predicted octanol–water partition coefficient (Wildman–Crippen LogP) is 2.98. The molecular weight excluding hydrogens is 476 g/mol. The van der Waals surface area contributed by atoms with Crippen LogP contribution < -0.4 is 11.0 Å². The monoisotopic (exact) mass is 512 g/mol. The molecule has 1 atom stereocenters. The summed E-state index contributed by atoms with van der Waals surface area (Å²) in [6.07, 6.45) is 3.85. The average Bonchev–Trinajstić information content (AvgIpc) is 3.06. The van der Waals surface area contributed by atoms with Crippen molar-refractivity contribution < 1.29 is 23.9 Å². The zero-order chi connectivity index (χ0) is 26.5. The lowest BCUT2D eigenvalue weighted by atomic mass is 9.77. The number of likely N-dealkylation sites (tertiary alicyclic amines) is 1. The molecule has 0 spiro atoms. The number of hydrogen-bond acceptors (Lipinski definition) is 6. The molecule has 3 amide bonds. The van der Waals surface area contributed by atoms with Gasteiger partial charge in [0.15, 0.2) is 0 Å². The molecule has 1 aromatic carbocycles. The van der Waals surface area contributed by atoms with E-state index < -0.39 is 17.6 Å². The second-order valence-electron chi connectivity index (χ2n) is 11.5. The summed E-state index contributed by atoms with van der Waals surface area (Å²) in [5.74, 6) is -0.462. The van der Waals surface area contributed by atoms with Gasteiger partial charge in [-0.1, -0.05) is 12.1 Å². The number of aryl methyl sites for hydroxylation is 1. The molecule has 3 aliphatic rings. The van der Waals surface area contributed by atoms with Crippen LogP contribution in [0.2, 0.25) is 0 Å². The van der Waals surface area contributed by atoms with Crippen molar-refractivity contribution in [1.29, 1.82) is 0 Å². The highest BCUT2D eigenvalue weighted by molar-refractivity contribution is 6.00. The van der Waals surface area contributed by atoms with Crippen molar-refractivity contribution in [2.45, 2.75) is 89.1 Å². The number of carbonyl (C=O) groups excluding carboxylic acids is 3. The minimum atomic E-state index is -0.687. The Bertz CT molecular complexity index is 1270. The van der Waals surface area contributed by atoms with Crippen molar-refractivity contribution in [3.8, 4) is 0 Å². The van der Waals surface area contributed by atoms with Crippen LogP contribution in [-0.2, 0) is 26.1 Å². The number of imidazole rings is 1. The van der Waals surface area contributed by atoms with Gasteiger partial charge in [0.25, 0.3) is 0 Å². The maximum absolute atomic E-state index is 13.2. The van der Waals surface area contributed by atoms with Crippen LogP contribution in [0, 0.1) is 0 Å². The summed E-state index contributed by atoms with van der Waals surface area (Å²) in [6.45, 7) is 6.87. The Balaban J connectivity index is 1.22. The second kappa shape index (κ2) is 9.63. The summed E-state index contributed by atoms with van der Waals surface area (Å²) in [7, 11) is 1.74. The zero-order valence-electron chi connectivity index (χ0n) is 22.0. The molecule has 37 heavy (non-hydrogen) atoms. The Kier molecular flexibility index (Phi) is 6.64. The number of amides is 3. The van der Waals surface area contributed by atoms with Crippen LogP contribution in [0.5, 0.6) is 0 Å². The molecule has 2 aliphatic heterocycles. The first-order chi connectivity index (χ1) is 17.5. The molecular formula is C27H36N4O6. The Morgan fingerprint density at radius 3 is 2.38 bits per heavy atom. The predicted molar refractivity (Wildman–Crippen MR) is 136 cm³/mol. The fourth-order valence-corrected chi connectivity index (χ4v) is 5.73. The minimum absolute atomic E-state index is 0.124. The summed E-state index contributed by atoms with van der Waals surface area (Å²) in [4.78, 5) is 51.3. The fraction of sp³-hybridized carbons (Fsp3) is 0.630. The minimum Gasteiger partial charge on any atom is -0.444 e. The van der Waals surface area contributed by atoms with E-state index >= 15 is 0 Å². The first-order valence-corrected chi connectivity index (χ1v) is 13.2. The number of nitrogens with one attached hydrogen (secondary N) is 1. The van der Waals surface area contributed by atoms with Crippen LogP contribution in [0.3, 0.4) is 0 Å². The lowest BCUT2D eigenvalue weighted by molar-refractivity contribution is -0.135. The van der Waals surface area contributed by atoms with Gasteiger partial charge in [0.05, 0.1) is 23.2 Å². The van der Waals surface area contributed by atoms with Gasteiger partial charge in [0, 0.05) is 26.6 Å². The van der Waals surface area contributed by atoms with Crippen molar-refractivity contribution in [2.75, 3.05) is 13.1 Å². The summed E-state index contributed by atoms with van der Waals surface area (Å²) >= 11 is 0. The van der Waals surface area contributed by atoms with Crippen molar-refractivity contribution in [1.82, 2.24) is 19.4 Å². The van der Waals surface area contributed by atoms with Crippen molar-refractivity contribution in [3.05, 3.63) is 34.2 Å². The van der Waals surface area contributed by atoms with Gasteiger partial charge in [-0.15, -0.1) is 0 Å². The molecule has 1 N–H and O–H groups in total. The second-order valence-corrected chi connectivity index (χ2v) is 11.5. The highest BCUT2D eigenvalue weighted by atomic mass is 16.6. The number of carbonyl (C=O) groups is 3. The van der Waals surface area contributed by atoms with E-state index in [1.54, 1.807) is 16.5 Å². The van der Waals surface area contributed by atoms with Gasteiger partial charge in [0.1, 0.15) is 11.6 Å². The molecule has 3 heterocycles. The molecule has 3 fully saturated rings. The van der Waals surface area contributed by atoms with E-state index in [1.165, 1.54) is 4.57 Å². The molecule has 10 nitrogen and oxygen atoms in total. The molecule has 200 valence electrons. The molecule has 1 aromatic heterocycles. The lowest BCUT2D eigenvalue weighted by Gasteiger charge is -2.40. The molecule has 10 heteroatoms. The molecule has 1 saturated carbocycles. The third-order valence-electron chi connectivity index (χ3n) is 7.67. The van der Waals surface area contributed by atoms with E-state index in [0.29, 0.717) is 19.5 Å². The molecule has 1 aliphatic carbocycles. The van der Waals surface area contributed by atoms with Crippen LogP contribution in [0.25, 0.3) is 11.0 Å². The number of benzene rings is 1. The smallest absolute Gasteiger partial charge is 0.410 e. The van der Waals surface area contributed by atoms with Gasteiger partial charge >= 0.3 is 11.8 Å². The van der Waals surface area contributed by atoms with Gasteiger partial charge in [-0.25, -0.2) is 9.59 Å². The summed E-state index contributed by atoms with van der Waals surface area (Å²) in [6, 6.07) is 5.17. The Morgan fingerprint density at radius 2 is 1.73 bits per heavy atom. The summed E-state index contributed by atoms with van der Waals surface area (Å²) < 4.78 is 15.0. The maximum Gasteiger partial charge on any atom is 0.410 e. The van der Waals surface area contributed by atoms with Crippen LogP contribution in [0.1, 0.15) is 76.8 Å². The number of imide groups is 1. The number of hydrogen-bond donors (Lipinski definition) is 1. The van der Waals surface area contributed by atoms with Gasteiger partial charge in [-0.3, -0.25) is 24.0 Å². The normalized spacial score (nSPS) is 25.2. The standard InChI is InChI=1S/C27H36N4O6/c1-27(2,3)37-26(35)30-12-10-17(11-13-30)36-18-14-16(15-18)19-6-5-7-20-23(19)29(4)25(34)31(20)21-8-9-22(32)28-24(21)33/h5-7,16-18,21H,8-15H2,1-4H3,(H,28,32,33). The summed E-state index contributed by atoms with van der Waals surface area (Å²) in [5, 5.41) is 2.36. The number of fused-ring (bicyclic) bond motifs is 1. The Labute approximate surface area is 215 Å². The molecule has 5 rings (SSSR count). The number of ether oxygens (including phenoxy) is 2. The summed E-state index contributed by atoms with van der Waals surface area (Å²) in [5.41, 5.74) is 1.90. The van der Waals surface area contributed by atoms with Crippen LogP contribution >= 0.6 is 0 Å². The lowest BCUT2D eigenvalue weighted by Crippen LogP contribution is -2.45. The molecule has 1 unspecified atom stereocenters. The van der Waals surface area contributed by atoms with Crippen LogP contribution in [0.15, 0.2) is 23.0 Å². The molecule has 0 radical (unpaired) electrons. The van der Waals surface area contributed by atoms with Crippen molar-refractivity contribution in [3.63, 3.8) is 0 Å². The van der Waals surface area contributed by atoms with E-state index in [0.717, 1.165) is 42.3 Å². The first-order valence-electron chi connectivity index (χ1n) is 13.2. The van der Waals surface area contributed by atoms with Gasteiger partial charge in [0.2, 0.25) is 11.8 Å². The Morgan fingerprint density at radius 1 is 1.03 bits per heavy atom. The number of piperidine rings is 2. The third kappa shape index (κ3) is 5.03. The van der Waals surface area contributed by atoms with E-state index in [2.05, 4.69) is 11.4 Å². The first kappa shape index (κ1) is 25.5. The van der Waals surface area contributed by atoms with Crippen molar-refractivity contribution in [2.24, 2.45) is 7.05 Å². The number of rotatable bonds is 4. The van der Waals surface area contributed by atoms with Gasteiger partial charge in [-0.05, 0) is 70.4 Å². The highest BCUT2D eigenvalue weighted by Gasteiger charge is 2.37. The quantitative estimate of drug-likeness (QED) is 0.631. The van der Waals surface area contributed by atoms with E-state index in [4.69, 9.17) is 9.47 Å². The number of para-hydroxylation sites is 1. The zero-order valence-corrected chi connectivity index (χ0v) is 22.0. The molecule has 2 saturated heterocycles. The van der Waals surface area contributed by atoms with Gasteiger partial charge < -0.3 is 14.4 Å². The number of aromatic nitrogens is 2.